The van der Waals surface area contributed by atoms with Crippen LogP contribution in [0.25, 0.3) is 0 Å². The van der Waals surface area contributed by atoms with E-state index in [1.807, 2.05) is 0 Å². The monoisotopic (exact) mass is 295 g/mol. The highest BCUT2D eigenvalue weighted by Crippen LogP contribution is 2.28. The zero-order valence-electron chi connectivity index (χ0n) is 14.8. The maximum atomic E-state index is 3.83. The molecule has 0 aromatic carbocycles. The third-order valence-electron chi connectivity index (χ3n) is 5.77. The van der Waals surface area contributed by atoms with Crippen LogP contribution in [0.4, 0.5) is 0 Å². The van der Waals surface area contributed by atoms with Gasteiger partial charge in [0.1, 0.15) is 0 Å². The Hall–Kier alpha value is -0.120. The molecule has 1 saturated carbocycles. The summed E-state index contributed by atoms with van der Waals surface area (Å²) in [5, 5.41) is 3.83. The van der Waals surface area contributed by atoms with Gasteiger partial charge in [-0.05, 0) is 51.5 Å². The van der Waals surface area contributed by atoms with E-state index in [-0.39, 0.29) is 0 Å². The van der Waals surface area contributed by atoms with Crippen molar-refractivity contribution >= 4 is 0 Å². The summed E-state index contributed by atoms with van der Waals surface area (Å²) in [5.41, 5.74) is 0. The number of nitrogens with one attached hydrogen (secondary N) is 1. The van der Waals surface area contributed by atoms with Crippen LogP contribution >= 0.6 is 0 Å². The van der Waals surface area contributed by atoms with Crippen molar-refractivity contribution in [3.63, 3.8) is 0 Å². The van der Waals surface area contributed by atoms with E-state index in [0.29, 0.717) is 0 Å². The summed E-state index contributed by atoms with van der Waals surface area (Å²) in [4.78, 5) is 5.47. The lowest BCUT2D eigenvalue weighted by Crippen LogP contribution is -2.59. The van der Waals surface area contributed by atoms with E-state index in [0.717, 1.165) is 24.0 Å². The molecule has 0 spiro atoms. The molecular weight excluding hydrogens is 258 g/mol. The first-order valence-corrected chi connectivity index (χ1v) is 9.37. The van der Waals surface area contributed by atoms with Gasteiger partial charge in [0.2, 0.25) is 0 Å². The Morgan fingerprint density at radius 3 is 2.43 bits per heavy atom. The molecule has 21 heavy (non-hydrogen) atoms. The standard InChI is InChI=1S/C18H37N3/c1-5-9-19-17-8-7-15(3)14-18(17)21-12-10-20(11-13-21)16(4)6-2/h15-19H,5-14H2,1-4H3. The number of hydrogen-bond donors (Lipinski definition) is 1. The minimum absolute atomic E-state index is 0.733. The molecule has 0 aromatic heterocycles. The molecule has 2 rings (SSSR count). The average molecular weight is 296 g/mol. The summed E-state index contributed by atoms with van der Waals surface area (Å²) in [6, 6.07) is 2.27. The Morgan fingerprint density at radius 1 is 1.10 bits per heavy atom. The molecule has 2 aliphatic rings. The van der Waals surface area contributed by atoms with Crippen molar-refractivity contribution < 1.29 is 0 Å². The summed E-state index contributed by atoms with van der Waals surface area (Å²) in [5.74, 6) is 0.905. The maximum Gasteiger partial charge on any atom is 0.0252 e. The predicted octanol–water partition coefficient (Wildman–Crippen LogP) is 2.96. The van der Waals surface area contributed by atoms with Crippen LogP contribution in [-0.4, -0.2) is 60.6 Å². The van der Waals surface area contributed by atoms with Crippen molar-refractivity contribution in [1.82, 2.24) is 15.1 Å². The zero-order valence-corrected chi connectivity index (χ0v) is 14.8. The summed E-state index contributed by atoms with van der Waals surface area (Å²) < 4.78 is 0. The number of rotatable bonds is 6. The molecule has 1 aliphatic carbocycles. The molecule has 124 valence electrons. The van der Waals surface area contributed by atoms with Gasteiger partial charge in [-0.3, -0.25) is 9.80 Å². The quantitative estimate of drug-likeness (QED) is 0.813. The highest BCUT2D eigenvalue weighted by atomic mass is 15.3. The molecule has 0 amide bonds. The molecule has 0 bridgehead atoms. The van der Waals surface area contributed by atoms with Gasteiger partial charge < -0.3 is 5.32 Å². The van der Waals surface area contributed by atoms with Gasteiger partial charge >= 0.3 is 0 Å². The first-order valence-electron chi connectivity index (χ1n) is 9.37. The van der Waals surface area contributed by atoms with Crippen LogP contribution in [0.5, 0.6) is 0 Å². The largest absolute Gasteiger partial charge is 0.312 e. The molecule has 0 radical (unpaired) electrons. The van der Waals surface area contributed by atoms with Crippen molar-refractivity contribution in [2.45, 2.75) is 77.9 Å². The van der Waals surface area contributed by atoms with E-state index < -0.39 is 0 Å². The summed E-state index contributed by atoms with van der Waals surface area (Å²) in [7, 11) is 0. The van der Waals surface area contributed by atoms with E-state index in [1.54, 1.807) is 0 Å². The Balaban J connectivity index is 1.88. The van der Waals surface area contributed by atoms with Crippen LogP contribution in [0.2, 0.25) is 0 Å². The van der Waals surface area contributed by atoms with Gasteiger partial charge in [-0.1, -0.05) is 20.8 Å². The van der Waals surface area contributed by atoms with Crippen LogP contribution in [-0.2, 0) is 0 Å². The second-order valence-corrected chi connectivity index (χ2v) is 7.38. The lowest BCUT2D eigenvalue weighted by atomic mass is 9.82. The summed E-state index contributed by atoms with van der Waals surface area (Å²) in [6.07, 6.45) is 6.70. The fourth-order valence-electron chi connectivity index (χ4n) is 4.09. The van der Waals surface area contributed by atoms with E-state index in [9.17, 15) is 0 Å². The third-order valence-corrected chi connectivity index (χ3v) is 5.77. The molecule has 3 heteroatoms. The molecule has 2 fully saturated rings. The first kappa shape index (κ1) is 17.2. The van der Waals surface area contributed by atoms with Gasteiger partial charge in [0.05, 0.1) is 0 Å². The predicted molar refractivity (Wildman–Crippen MR) is 91.8 cm³/mol. The number of hydrogen-bond acceptors (Lipinski definition) is 3. The summed E-state index contributed by atoms with van der Waals surface area (Å²) in [6.45, 7) is 15.7. The fraction of sp³-hybridized carbons (Fsp3) is 1.00. The molecular formula is C18H37N3. The minimum Gasteiger partial charge on any atom is -0.312 e. The smallest absolute Gasteiger partial charge is 0.0252 e. The van der Waals surface area contributed by atoms with Crippen LogP contribution in [0.3, 0.4) is 0 Å². The molecule has 1 N–H and O–H groups in total. The fourth-order valence-corrected chi connectivity index (χ4v) is 4.09. The number of nitrogens with zero attached hydrogens (tertiary/aromatic N) is 2. The van der Waals surface area contributed by atoms with Crippen molar-refractivity contribution in [1.29, 1.82) is 0 Å². The normalized spacial score (nSPS) is 34.0. The Kier molecular flexibility index (Phi) is 6.97. The SMILES string of the molecule is CCCNC1CCC(C)CC1N1CCN(C(C)CC)CC1. The van der Waals surface area contributed by atoms with E-state index >= 15 is 0 Å². The van der Waals surface area contributed by atoms with E-state index in [1.165, 1.54) is 64.8 Å². The molecule has 4 atom stereocenters. The van der Waals surface area contributed by atoms with Gasteiger partial charge in [0, 0.05) is 44.3 Å². The molecule has 1 heterocycles. The van der Waals surface area contributed by atoms with Gasteiger partial charge in [0.15, 0.2) is 0 Å². The Labute approximate surface area is 132 Å². The number of piperazine rings is 1. The zero-order chi connectivity index (χ0) is 15.2. The summed E-state index contributed by atoms with van der Waals surface area (Å²) >= 11 is 0. The third kappa shape index (κ3) is 4.67. The molecule has 3 nitrogen and oxygen atoms in total. The first-order chi connectivity index (χ1) is 10.2. The second-order valence-electron chi connectivity index (χ2n) is 7.38. The van der Waals surface area contributed by atoms with Crippen LogP contribution < -0.4 is 5.32 Å². The van der Waals surface area contributed by atoms with Gasteiger partial charge in [-0.25, -0.2) is 0 Å². The van der Waals surface area contributed by atoms with E-state index in [4.69, 9.17) is 0 Å². The van der Waals surface area contributed by atoms with E-state index in [2.05, 4.69) is 42.8 Å². The highest BCUT2D eigenvalue weighted by molar-refractivity contribution is 4.92. The van der Waals surface area contributed by atoms with Crippen molar-refractivity contribution in [3.05, 3.63) is 0 Å². The average Bonchev–Trinajstić information content (AvgIpc) is 2.53. The maximum absolute atomic E-state index is 3.83. The Morgan fingerprint density at radius 2 is 1.81 bits per heavy atom. The van der Waals surface area contributed by atoms with Crippen molar-refractivity contribution in [2.24, 2.45) is 5.92 Å². The van der Waals surface area contributed by atoms with Gasteiger partial charge in [0.25, 0.3) is 0 Å². The molecule has 0 aromatic rings. The minimum atomic E-state index is 0.733. The molecule has 1 saturated heterocycles. The highest BCUT2D eigenvalue weighted by Gasteiger charge is 2.34. The molecule has 1 aliphatic heterocycles. The van der Waals surface area contributed by atoms with Crippen molar-refractivity contribution in [3.8, 4) is 0 Å². The molecule has 4 unspecified atom stereocenters. The van der Waals surface area contributed by atoms with Crippen LogP contribution in [0.15, 0.2) is 0 Å². The lowest BCUT2D eigenvalue weighted by molar-refractivity contribution is 0.0367. The van der Waals surface area contributed by atoms with Crippen LogP contribution in [0, 0.1) is 5.92 Å². The second kappa shape index (κ2) is 8.50. The van der Waals surface area contributed by atoms with Gasteiger partial charge in [-0.2, -0.15) is 0 Å². The van der Waals surface area contributed by atoms with Crippen LogP contribution in [0.1, 0.15) is 59.8 Å². The van der Waals surface area contributed by atoms with Crippen molar-refractivity contribution in [2.75, 3.05) is 32.7 Å². The lowest BCUT2D eigenvalue weighted by Gasteiger charge is -2.47. The topological polar surface area (TPSA) is 18.5 Å². The van der Waals surface area contributed by atoms with Gasteiger partial charge in [-0.15, -0.1) is 0 Å². The Bertz CT molecular complexity index is 284.